The SMILES string of the molecule is OCC1(Cc2ccc(OC(F)(F)F)cc2)CCOCC1. The highest BCUT2D eigenvalue weighted by atomic mass is 19.4. The second kappa shape index (κ2) is 6.01. The van der Waals surface area contributed by atoms with Crippen LogP contribution in [0, 0.1) is 5.41 Å². The Labute approximate surface area is 115 Å². The number of hydrogen-bond donors (Lipinski definition) is 1. The lowest BCUT2D eigenvalue weighted by atomic mass is 9.76. The minimum absolute atomic E-state index is 0.0527. The van der Waals surface area contributed by atoms with E-state index in [4.69, 9.17) is 4.74 Å². The molecule has 1 aromatic rings. The molecule has 0 aromatic heterocycles. The molecule has 0 spiro atoms. The molecule has 0 saturated carbocycles. The van der Waals surface area contributed by atoms with Gasteiger partial charge in [0.25, 0.3) is 0 Å². The number of aliphatic hydroxyl groups is 1. The predicted octanol–water partition coefficient (Wildman–Crippen LogP) is 2.92. The van der Waals surface area contributed by atoms with Crippen molar-refractivity contribution in [2.24, 2.45) is 5.41 Å². The summed E-state index contributed by atoms with van der Waals surface area (Å²) in [5, 5.41) is 9.58. The molecule has 1 aromatic carbocycles. The Bertz CT molecular complexity index is 422. The Morgan fingerprint density at radius 1 is 1.15 bits per heavy atom. The van der Waals surface area contributed by atoms with Crippen LogP contribution >= 0.6 is 0 Å². The van der Waals surface area contributed by atoms with Crippen LogP contribution in [0.4, 0.5) is 13.2 Å². The molecule has 112 valence electrons. The van der Waals surface area contributed by atoms with E-state index in [0.717, 1.165) is 18.4 Å². The molecule has 1 heterocycles. The molecule has 0 radical (unpaired) electrons. The van der Waals surface area contributed by atoms with Crippen LogP contribution < -0.4 is 4.74 Å². The molecule has 0 aliphatic carbocycles. The Kier molecular flexibility index (Phi) is 4.55. The van der Waals surface area contributed by atoms with Gasteiger partial charge in [-0.2, -0.15) is 0 Å². The van der Waals surface area contributed by atoms with Gasteiger partial charge in [0.15, 0.2) is 0 Å². The summed E-state index contributed by atoms with van der Waals surface area (Å²) in [6, 6.07) is 5.81. The maximum atomic E-state index is 12.1. The minimum atomic E-state index is -4.67. The van der Waals surface area contributed by atoms with E-state index in [9.17, 15) is 18.3 Å². The number of hydrogen-bond acceptors (Lipinski definition) is 3. The summed E-state index contributed by atoms with van der Waals surface area (Å²) in [5.74, 6) is -0.230. The van der Waals surface area contributed by atoms with Gasteiger partial charge in [0.2, 0.25) is 0 Å². The van der Waals surface area contributed by atoms with Crippen molar-refractivity contribution >= 4 is 0 Å². The maximum absolute atomic E-state index is 12.1. The highest BCUT2D eigenvalue weighted by Gasteiger charge is 2.33. The predicted molar refractivity (Wildman–Crippen MR) is 66.4 cm³/mol. The molecular formula is C14H17F3O3. The van der Waals surface area contributed by atoms with Gasteiger partial charge in [0.05, 0.1) is 0 Å². The normalized spacial score (nSPS) is 18.8. The number of benzene rings is 1. The highest BCUT2D eigenvalue weighted by molar-refractivity contribution is 5.28. The first-order valence-corrected chi connectivity index (χ1v) is 6.46. The second-order valence-electron chi connectivity index (χ2n) is 5.14. The standard InChI is InChI=1S/C14H17F3O3/c15-14(16,17)20-12-3-1-11(2-4-12)9-13(10-18)5-7-19-8-6-13/h1-4,18H,5-10H2. The molecule has 1 aliphatic rings. The largest absolute Gasteiger partial charge is 0.573 e. The lowest BCUT2D eigenvalue weighted by Gasteiger charge is -2.35. The molecule has 1 aliphatic heterocycles. The van der Waals surface area contributed by atoms with E-state index in [-0.39, 0.29) is 17.8 Å². The molecule has 3 nitrogen and oxygen atoms in total. The molecule has 0 bridgehead atoms. The zero-order valence-electron chi connectivity index (χ0n) is 10.9. The van der Waals surface area contributed by atoms with E-state index in [0.29, 0.717) is 19.6 Å². The molecule has 6 heteroatoms. The third-order valence-electron chi connectivity index (χ3n) is 3.62. The van der Waals surface area contributed by atoms with Gasteiger partial charge in [-0.15, -0.1) is 13.2 Å². The van der Waals surface area contributed by atoms with Crippen LogP contribution in [0.2, 0.25) is 0 Å². The third kappa shape index (κ3) is 4.11. The number of alkyl halides is 3. The van der Waals surface area contributed by atoms with Crippen LogP contribution in [0.25, 0.3) is 0 Å². The van der Waals surface area contributed by atoms with Crippen molar-refractivity contribution in [1.82, 2.24) is 0 Å². The Balaban J connectivity index is 2.02. The van der Waals surface area contributed by atoms with E-state index in [1.165, 1.54) is 12.1 Å². The maximum Gasteiger partial charge on any atom is 0.573 e. The summed E-state index contributed by atoms with van der Waals surface area (Å²) >= 11 is 0. The first-order valence-electron chi connectivity index (χ1n) is 6.46. The summed E-state index contributed by atoms with van der Waals surface area (Å²) in [4.78, 5) is 0. The summed E-state index contributed by atoms with van der Waals surface area (Å²) in [6.45, 7) is 1.27. The van der Waals surface area contributed by atoms with Crippen LogP contribution in [0.5, 0.6) is 5.75 Å². The summed E-state index contributed by atoms with van der Waals surface area (Å²) in [6.07, 6.45) is -2.54. The lowest BCUT2D eigenvalue weighted by molar-refractivity contribution is -0.274. The molecular weight excluding hydrogens is 273 g/mol. The summed E-state index contributed by atoms with van der Waals surface area (Å²) < 4.78 is 45.3. The minimum Gasteiger partial charge on any atom is -0.406 e. The van der Waals surface area contributed by atoms with Crippen molar-refractivity contribution in [3.63, 3.8) is 0 Å². The molecule has 0 atom stereocenters. The summed E-state index contributed by atoms with van der Waals surface area (Å²) in [7, 11) is 0. The smallest absolute Gasteiger partial charge is 0.406 e. The van der Waals surface area contributed by atoms with Crippen LogP contribution in [-0.2, 0) is 11.2 Å². The van der Waals surface area contributed by atoms with E-state index in [2.05, 4.69) is 4.74 Å². The fourth-order valence-electron chi connectivity index (χ4n) is 2.44. The molecule has 2 rings (SSSR count). The van der Waals surface area contributed by atoms with Gasteiger partial charge in [-0.3, -0.25) is 0 Å². The van der Waals surface area contributed by atoms with Gasteiger partial charge in [-0.05, 0) is 37.0 Å². The van der Waals surface area contributed by atoms with E-state index in [1.807, 2.05) is 0 Å². The van der Waals surface area contributed by atoms with Gasteiger partial charge in [-0.1, -0.05) is 12.1 Å². The van der Waals surface area contributed by atoms with Gasteiger partial charge in [0.1, 0.15) is 5.75 Å². The molecule has 0 amide bonds. The number of aliphatic hydroxyl groups excluding tert-OH is 1. The average Bonchev–Trinajstić information content (AvgIpc) is 2.40. The second-order valence-corrected chi connectivity index (χ2v) is 5.14. The van der Waals surface area contributed by atoms with Crippen LogP contribution in [0.15, 0.2) is 24.3 Å². The van der Waals surface area contributed by atoms with E-state index in [1.54, 1.807) is 12.1 Å². The first kappa shape index (κ1) is 15.1. The molecule has 1 fully saturated rings. The fraction of sp³-hybridized carbons (Fsp3) is 0.571. The highest BCUT2D eigenvalue weighted by Crippen LogP contribution is 2.34. The number of ether oxygens (including phenoxy) is 2. The van der Waals surface area contributed by atoms with Crippen LogP contribution in [0.1, 0.15) is 18.4 Å². The van der Waals surface area contributed by atoms with Crippen molar-refractivity contribution in [1.29, 1.82) is 0 Å². The lowest BCUT2D eigenvalue weighted by Crippen LogP contribution is -2.35. The van der Waals surface area contributed by atoms with Gasteiger partial charge in [0, 0.05) is 25.2 Å². The third-order valence-corrected chi connectivity index (χ3v) is 3.62. The van der Waals surface area contributed by atoms with Crippen molar-refractivity contribution in [3.05, 3.63) is 29.8 Å². The van der Waals surface area contributed by atoms with Crippen LogP contribution in [-0.4, -0.2) is 31.3 Å². The zero-order chi connectivity index (χ0) is 14.6. The quantitative estimate of drug-likeness (QED) is 0.926. The fourth-order valence-corrected chi connectivity index (χ4v) is 2.44. The molecule has 0 unspecified atom stereocenters. The van der Waals surface area contributed by atoms with E-state index >= 15 is 0 Å². The van der Waals surface area contributed by atoms with E-state index < -0.39 is 6.36 Å². The molecule has 1 N–H and O–H groups in total. The zero-order valence-corrected chi connectivity index (χ0v) is 10.9. The Hall–Kier alpha value is -1.27. The number of halogens is 3. The Morgan fingerprint density at radius 3 is 2.25 bits per heavy atom. The first-order chi connectivity index (χ1) is 9.42. The van der Waals surface area contributed by atoms with Crippen molar-refractivity contribution in [2.45, 2.75) is 25.6 Å². The average molecular weight is 290 g/mol. The molecule has 20 heavy (non-hydrogen) atoms. The van der Waals surface area contributed by atoms with Gasteiger partial charge < -0.3 is 14.6 Å². The van der Waals surface area contributed by atoms with Crippen LogP contribution in [0.3, 0.4) is 0 Å². The summed E-state index contributed by atoms with van der Waals surface area (Å²) in [5.41, 5.74) is 0.653. The van der Waals surface area contributed by atoms with Gasteiger partial charge in [-0.25, -0.2) is 0 Å². The van der Waals surface area contributed by atoms with Gasteiger partial charge >= 0.3 is 6.36 Å². The monoisotopic (exact) mass is 290 g/mol. The topological polar surface area (TPSA) is 38.7 Å². The van der Waals surface area contributed by atoms with Crippen molar-refractivity contribution < 1.29 is 27.8 Å². The Morgan fingerprint density at radius 2 is 1.75 bits per heavy atom. The number of rotatable bonds is 4. The molecule has 1 saturated heterocycles. The van der Waals surface area contributed by atoms with Crippen molar-refractivity contribution in [2.75, 3.05) is 19.8 Å². The van der Waals surface area contributed by atoms with Crippen molar-refractivity contribution in [3.8, 4) is 5.75 Å².